The Hall–Kier alpha value is -1.76. The zero-order valence-electron chi connectivity index (χ0n) is 17.8. The van der Waals surface area contributed by atoms with E-state index in [2.05, 4.69) is 76.2 Å². The Bertz CT molecular complexity index is 591. The van der Waals surface area contributed by atoms with E-state index in [9.17, 15) is 0 Å². The predicted octanol–water partition coefficient (Wildman–Crippen LogP) is 8.85. The smallest absolute Gasteiger partial charge is 0.130 e. The Morgan fingerprint density at radius 2 is 0.889 bits per heavy atom. The molecular formula is C26H38O. The van der Waals surface area contributed by atoms with Gasteiger partial charge in [-0.05, 0) is 60.8 Å². The van der Waals surface area contributed by atoms with Crippen LogP contribution in [0.3, 0.4) is 0 Å². The minimum absolute atomic E-state index is 0.588. The fraction of sp³-hybridized carbons (Fsp3) is 0.538. The lowest BCUT2D eigenvalue weighted by Crippen LogP contribution is -2.04. The van der Waals surface area contributed by atoms with Crippen molar-refractivity contribution in [3.63, 3.8) is 0 Å². The summed E-state index contributed by atoms with van der Waals surface area (Å²) in [7, 11) is 0. The first-order valence-corrected chi connectivity index (χ1v) is 11.1. The van der Waals surface area contributed by atoms with Crippen LogP contribution in [0.25, 0.3) is 0 Å². The third-order valence-corrected chi connectivity index (χ3v) is 5.49. The van der Waals surface area contributed by atoms with Crippen molar-refractivity contribution in [2.24, 2.45) is 0 Å². The van der Waals surface area contributed by atoms with Gasteiger partial charge in [-0.15, -0.1) is 0 Å². The fourth-order valence-electron chi connectivity index (χ4n) is 4.24. The van der Waals surface area contributed by atoms with E-state index in [0.717, 1.165) is 11.5 Å². The van der Waals surface area contributed by atoms with Gasteiger partial charge in [0, 0.05) is 0 Å². The molecule has 0 aromatic heterocycles. The van der Waals surface area contributed by atoms with Crippen molar-refractivity contribution in [3.8, 4) is 11.5 Å². The molecular weight excluding hydrogens is 328 g/mol. The van der Waals surface area contributed by atoms with E-state index in [1.807, 2.05) is 0 Å². The second-order valence-electron chi connectivity index (χ2n) is 7.73. The van der Waals surface area contributed by atoms with Gasteiger partial charge in [-0.25, -0.2) is 0 Å². The summed E-state index contributed by atoms with van der Waals surface area (Å²) < 4.78 is 6.59. The molecule has 0 spiro atoms. The molecule has 2 rings (SSSR count). The van der Waals surface area contributed by atoms with Gasteiger partial charge in [-0.3, -0.25) is 0 Å². The van der Waals surface area contributed by atoms with Gasteiger partial charge in [-0.2, -0.15) is 0 Å². The summed E-state index contributed by atoms with van der Waals surface area (Å²) in [6, 6.07) is 17.4. The average Bonchev–Trinajstić information content (AvgIpc) is 2.69. The highest BCUT2D eigenvalue weighted by Gasteiger charge is 2.18. The van der Waals surface area contributed by atoms with Crippen molar-refractivity contribution in [2.75, 3.05) is 0 Å². The van der Waals surface area contributed by atoms with Gasteiger partial charge < -0.3 is 4.74 Å². The maximum absolute atomic E-state index is 6.59. The number of hydrogen-bond donors (Lipinski definition) is 0. The van der Waals surface area contributed by atoms with Crippen LogP contribution in [0.1, 0.15) is 102 Å². The third-order valence-electron chi connectivity index (χ3n) is 5.49. The molecule has 0 unspecified atom stereocenters. The van der Waals surface area contributed by atoms with Gasteiger partial charge in [0.25, 0.3) is 0 Å². The molecule has 1 heteroatoms. The lowest BCUT2D eigenvalue weighted by Gasteiger charge is -2.23. The van der Waals surface area contributed by atoms with Crippen LogP contribution in [0.15, 0.2) is 48.5 Å². The van der Waals surface area contributed by atoms with Gasteiger partial charge in [0.2, 0.25) is 0 Å². The van der Waals surface area contributed by atoms with Crippen LogP contribution in [0.5, 0.6) is 11.5 Å². The molecule has 2 aromatic rings. The summed E-state index contributed by atoms with van der Waals surface area (Å²) in [4.78, 5) is 0. The molecule has 148 valence electrons. The molecule has 0 radical (unpaired) electrons. The minimum Gasteiger partial charge on any atom is -0.457 e. The van der Waals surface area contributed by atoms with Crippen molar-refractivity contribution in [1.82, 2.24) is 0 Å². The molecule has 0 aliphatic carbocycles. The molecule has 0 saturated heterocycles. The lowest BCUT2D eigenvalue weighted by molar-refractivity contribution is 0.442. The zero-order chi connectivity index (χ0) is 19.5. The van der Waals surface area contributed by atoms with Gasteiger partial charge in [0.15, 0.2) is 0 Å². The van der Waals surface area contributed by atoms with Gasteiger partial charge in [0.05, 0.1) is 0 Å². The topological polar surface area (TPSA) is 9.23 Å². The Morgan fingerprint density at radius 1 is 0.556 bits per heavy atom. The first-order valence-electron chi connectivity index (χ1n) is 11.1. The third kappa shape index (κ3) is 6.13. The molecule has 1 nitrogen and oxygen atoms in total. The summed E-state index contributed by atoms with van der Waals surface area (Å²) in [5, 5.41) is 0. The number of hydrogen-bond acceptors (Lipinski definition) is 1. The average molecular weight is 367 g/mol. The highest BCUT2D eigenvalue weighted by molar-refractivity contribution is 5.44. The maximum atomic E-state index is 6.59. The first-order chi connectivity index (χ1) is 13.2. The molecule has 0 amide bonds. The van der Waals surface area contributed by atoms with E-state index < -0.39 is 0 Å². The molecule has 0 aliphatic rings. The Labute approximate surface area is 167 Å². The molecule has 0 fully saturated rings. The monoisotopic (exact) mass is 366 g/mol. The highest BCUT2D eigenvalue weighted by atomic mass is 16.5. The van der Waals surface area contributed by atoms with Gasteiger partial charge >= 0.3 is 0 Å². The van der Waals surface area contributed by atoms with Crippen LogP contribution in [-0.2, 0) is 0 Å². The largest absolute Gasteiger partial charge is 0.457 e. The van der Waals surface area contributed by atoms with E-state index in [-0.39, 0.29) is 0 Å². The lowest BCUT2D eigenvalue weighted by atomic mass is 9.89. The zero-order valence-corrected chi connectivity index (χ0v) is 17.8. The maximum Gasteiger partial charge on any atom is 0.130 e. The van der Waals surface area contributed by atoms with Crippen LogP contribution in [0.4, 0.5) is 0 Å². The second-order valence-corrected chi connectivity index (χ2v) is 7.73. The summed E-state index contributed by atoms with van der Waals surface area (Å²) in [6.07, 6.45) is 9.76. The summed E-state index contributed by atoms with van der Waals surface area (Å²) >= 11 is 0. The Kier molecular flexibility index (Phi) is 9.45. The molecule has 2 aromatic carbocycles. The minimum atomic E-state index is 0.588. The Morgan fingerprint density at radius 3 is 1.22 bits per heavy atom. The summed E-state index contributed by atoms with van der Waals surface area (Å²) in [5.74, 6) is 3.27. The van der Waals surface area contributed by atoms with Crippen molar-refractivity contribution in [1.29, 1.82) is 0 Å². The number of para-hydroxylation sites is 2. The molecule has 0 saturated carbocycles. The predicted molar refractivity (Wildman–Crippen MR) is 118 cm³/mol. The van der Waals surface area contributed by atoms with Crippen molar-refractivity contribution in [2.45, 2.75) is 90.9 Å². The van der Waals surface area contributed by atoms with Gasteiger partial charge in [0.1, 0.15) is 11.5 Å². The molecule has 0 heterocycles. The van der Waals surface area contributed by atoms with E-state index in [4.69, 9.17) is 4.74 Å². The van der Waals surface area contributed by atoms with Crippen LogP contribution < -0.4 is 4.74 Å². The van der Waals surface area contributed by atoms with Crippen molar-refractivity contribution < 1.29 is 4.74 Å². The first kappa shape index (κ1) is 21.5. The second kappa shape index (κ2) is 11.8. The van der Waals surface area contributed by atoms with E-state index in [1.165, 1.54) is 62.5 Å². The van der Waals surface area contributed by atoms with Crippen molar-refractivity contribution >= 4 is 0 Å². The van der Waals surface area contributed by atoms with Crippen LogP contribution in [-0.4, -0.2) is 0 Å². The van der Waals surface area contributed by atoms with Crippen LogP contribution >= 0.6 is 0 Å². The van der Waals surface area contributed by atoms with Crippen LogP contribution in [0, 0.1) is 0 Å². The highest BCUT2D eigenvalue weighted by Crippen LogP contribution is 2.39. The molecule has 0 atom stereocenters. The Balaban J connectivity index is 2.35. The normalized spacial score (nSPS) is 11.3. The van der Waals surface area contributed by atoms with Crippen molar-refractivity contribution in [3.05, 3.63) is 59.7 Å². The number of benzene rings is 2. The molecule has 27 heavy (non-hydrogen) atoms. The summed E-state index contributed by atoms with van der Waals surface area (Å²) in [5.41, 5.74) is 2.75. The standard InChI is InChI=1S/C26H38O/c1-5-13-21(14-6-2)23-17-9-11-19-25(23)27-26-20-12-10-18-24(26)22(15-7-3)16-8-4/h9-12,17-22H,5-8,13-16H2,1-4H3. The van der Waals surface area contributed by atoms with E-state index in [1.54, 1.807) is 0 Å². The number of rotatable bonds is 12. The fourth-order valence-corrected chi connectivity index (χ4v) is 4.24. The SMILES string of the molecule is CCCC(CCC)c1ccccc1Oc1ccccc1C(CCC)CCC. The molecule has 0 aliphatic heterocycles. The van der Waals surface area contributed by atoms with Crippen LogP contribution in [0.2, 0.25) is 0 Å². The quantitative estimate of drug-likeness (QED) is 0.364. The van der Waals surface area contributed by atoms with E-state index >= 15 is 0 Å². The molecule has 0 bridgehead atoms. The molecule has 0 N–H and O–H groups in total. The number of ether oxygens (including phenoxy) is 1. The summed E-state index contributed by atoms with van der Waals surface area (Å²) in [6.45, 7) is 9.12. The van der Waals surface area contributed by atoms with E-state index in [0.29, 0.717) is 11.8 Å². The van der Waals surface area contributed by atoms with Gasteiger partial charge in [-0.1, -0.05) is 89.8 Å².